The van der Waals surface area contributed by atoms with E-state index in [4.69, 9.17) is 15.2 Å². The first-order valence-electron chi connectivity index (χ1n) is 6.82. The van der Waals surface area contributed by atoms with Crippen molar-refractivity contribution in [3.05, 3.63) is 17.5 Å². The number of halogens is 1. The first kappa shape index (κ1) is 14.8. The maximum Gasteiger partial charge on any atom is 0.114 e. The average Bonchev–Trinajstić information content (AvgIpc) is 2.82. The Balaban J connectivity index is 0.00000133. The van der Waals surface area contributed by atoms with E-state index in [1.54, 1.807) is 0 Å². The molecule has 3 rings (SSSR count). The zero-order valence-electron chi connectivity index (χ0n) is 11.1. The van der Waals surface area contributed by atoms with Crippen LogP contribution in [0.15, 0.2) is 6.20 Å². The molecular weight excluding hydrogens is 266 g/mol. The fraction of sp³-hybridized carbons (Fsp3) is 0.769. The van der Waals surface area contributed by atoms with Crippen LogP contribution in [0.4, 0.5) is 0 Å². The van der Waals surface area contributed by atoms with Gasteiger partial charge in [0.1, 0.15) is 6.10 Å². The van der Waals surface area contributed by atoms with Gasteiger partial charge in [0.25, 0.3) is 0 Å². The van der Waals surface area contributed by atoms with E-state index in [-0.39, 0.29) is 18.5 Å². The van der Waals surface area contributed by atoms with Crippen molar-refractivity contribution in [1.29, 1.82) is 0 Å². The SMILES string of the molecule is Cl.NCC1OCCc2cn(CC3CCOCC3)nc21. The van der Waals surface area contributed by atoms with Crippen LogP contribution < -0.4 is 5.73 Å². The van der Waals surface area contributed by atoms with Crippen LogP contribution in [0.25, 0.3) is 0 Å². The fourth-order valence-corrected chi connectivity index (χ4v) is 2.80. The van der Waals surface area contributed by atoms with Crippen molar-refractivity contribution < 1.29 is 9.47 Å². The molecule has 1 saturated heterocycles. The number of hydrogen-bond donors (Lipinski definition) is 1. The smallest absolute Gasteiger partial charge is 0.114 e. The molecule has 0 bridgehead atoms. The highest BCUT2D eigenvalue weighted by atomic mass is 35.5. The number of rotatable bonds is 3. The predicted octanol–water partition coefficient (Wildman–Crippen LogP) is 1.30. The van der Waals surface area contributed by atoms with Crippen LogP contribution in [-0.4, -0.2) is 36.1 Å². The number of ether oxygens (including phenoxy) is 2. The molecule has 1 atom stereocenters. The summed E-state index contributed by atoms with van der Waals surface area (Å²) in [6.45, 7) is 4.05. The Hall–Kier alpha value is -0.620. The van der Waals surface area contributed by atoms with Gasteiger partial charge in [-0.2, -0.15) is 5.10 Å². The van der Waals surface area contributed by atoms with Gasteiger partial charge in [0.15, 0.2) is 0 Å². The number of fused-ring (bicyclic) bond motifs is 1. The summed E-state index contributed by atoms with van der Waals surface area (Å²) in [5, 5.41) is 4.67. The van der Waals surface area contributed by atoms with E-state index in [0.29, 0.717) is 12.5 Å². The minimum absolute atomic E-state index is 0. The summed E-state index contributed by atoms with van der Waals surface area (Å²) in [6, 6.07) is 0. The van der Waals surface area contributed by atoms with E-state index < -0.39 is 0 Å². The Bertz CT molecular complexity index is 405. The highest BCUT2D eigenvalue weighted by molar-refractivity contribution is 5.85. The van der Waals surface area contributed by atoms with E-state index in [1.165, 1.54) is 5.56 Å². The van der Waals surface area contributed by atoms with E-state index in [0.717, 1.165) is 51.3 Å². The second-order valence-electron chi connectivity index (χ2n) is 5.16. The van der Waals surface area contributed by atoms with E-state index in [9.17, 15) is 0 Å². The van der Waals surface area contributed by atoms with Crippen molar-refractivity contribution in [2.75, 3.05) is 26.4 Å². The molecule has 1 unspecified atom stereocenters. The van der Waals surface area contributed by atoms with Crippen LogP contribution in [0.5, 0.6) is 0 Å². The predicted molar refractivity (Wildman–Crippen MR) is 74.5 cm³/mol. The van der Waals surface area contributed by atoms with Gasteiger partial charge in [-0.1, -0.05) is 0 Å². The summed E-state index contributed by atoms with van der Waals surface area (Å²) in [5.41, 5.74) is 8.08. The summed E-state index contributed by atoms with van der Waals surface area (Å²) in [5.74, 6) is 0.692. The van der Waals surface area contributed by atoms with Crippen molar-refractivity contribution >= 4 is 12.4 Å². The second kappa shape index (κ2) is 6.70. The average molecular weight is 288 g/mol. The molecule has 19 heavy (non-hydrogen) atoms. The monoisotopic (exact) mass is 287 g/mol. The molecular formula is C13H22ClN3O2. The van der Waals surface area contributed by atoms with Crippen molar-refractivity contribution in [3.8, 4) is 0 Å². The summed E-state index contributed by atoms with van der Waals surface area (Å²) >= 11 is 0. The lowest BCUT2D eigenvalue weighted by Gasteiger charge is -2.21. The molecule has 1 aromatic heterocycles. The number of aromatic nitrogens is 2. The second-order valence-corrected chi connectivity index (χ2v) is 5.16. The third-order valence-corrected chi connectivity index (χ3v) is 3.87. The largest absolute Gasteiger partial charge is 0.381 e. The van der Waals surface area contributed by atoms with Crippen molar-refractivity contribution in [2.45, 2.75) is 31.9 Å². The molecule has 1 fully saturated rings. The lowest BCUT2D eigenvalue weighted by atomic mass is 10.0. The van der Waals surface area contributed by atoms with Gasteiger partial charge >= 0.3 is 0 Å². The summed E-state index contributed by atoms with van der Waals surface area (Å²) < 4.78 is 13.1. The maximum absolute atomic E-state index is 5.72. The van der Waals surface area contributed by atoms with Gasteiger partial charge in [0, 0.05) is 32.5 Å². The minimum atomic E-state index is -0.00955. The van der Waals surface area contributed by atoms with Crippen molar-refractivity contribution in [3.63, 3.8) is 0 Å². The number of nitrogens with two attached hydrogens (primary N) is 1. The Labute approximate surface area is 119 Å². The minimum Gasteiger partial charge on any atom is -0.381 e. The third kappa shape index (κ3) is 3.28. The highest BCUT2D eigenvalue weighted by Crippen LogP contribution is 2.25. The van der Waals surface area contributed by atoms with Crippen molar-refractivity contribution in [2.24, 2.45) is 11.7 Å². The molecule has 0 amide bonds. The molecule has 108 valence electrons. The fourth-order valence-electron chi connectivity index (χ4n) is 2.80. The van der Waals surface area contributed by atoms with Crippen LogP contribution >= 0.6 is 12.4 Å². The molecule has 0 spiro atoms. The van der Waals surface area contributed by atoms with Crippen molar-refractivity contribution in [1.82, 2.24) is 9.78 Å². The molecule has 0 aliphatic carbocycles. The molecule has 2 N–H and O–H groups in total. The molecule has 0 saturated carbocycles. The van der Waals surface area contributed by atoms with E-state index in [2.05, 4.69) is 16.0 Å². The third-order valence-electron chi connectivity index (χ3n) is 3.87. The van der Waals surface area contributed by atoms with E-state index in [1.807, 2.05) is 0 Å². The summed E-state index contributed by atoms with van der Waals surface area (Å²) in [6.07, 6.45) is 5.41. The van der Waals surface area contributed by atoms with Crippen LogP contribution in [0.2, 0.25) is 0 Å². The molecule has 0 aromatic carbocycles. The topological polar surface area (TPSA) is 62.3 Å². The lowest BCUT2D eigenvalue weighted by Crippen LogP contribution is -2.23. The molecule has 1 aromatic rings. The van der Waals surface area contributed by atoms with Gasteiger partial charge in [0.2, 0.25) is 0 Å². The van der Waals surface area contributed by atoms with Crippen LogP contribution in [0, 0.1) is 5.92 Å². The standard InChI is InChI=1S/C13H21N3O2.ClH/c14-7-12-13-11(3-6-18-12)9-16(15-13)8-10-1-4-17-5-2-10;/h9-10,12H,1-8,14H2;1H. The number of nitrogens with zero attached hydrogens (tertiary/aromatic N) is 2. The van der Waals surface area contributed by atoms with Gasteiger partial charge in [0.05, 0.1) is 12.3 Å². The molecule has 3 heterocycles. The van der Waals surface area contributed by atoms with Crippen LogP contribution in [0.3, 0.4) is 0 Å². The highest BCUT2D eigenvalue weighted by Gasteiger charge is 2.24. The molecule has 5 nitrogen and oxygen atoms in total. The first-order chi connectivity index (χ1) is 8.86. The van der Waals surface area contributed by atoms with Gasteiger partial charge < -0.3 is 15.2 Å². The molecule has 0 radical (unpaired) electrons. The Kier molecular flexibility index (Phi) is 5.21. The zero-order valence-corrected chi connectivity index (χ0v) is 11.9. The van der Waals surface area contributed by atoms with Gasteiger partial charge in [-0.15, -0.1) is 12.4 Å². The van der Waals surface area contributed by atoms with Gasteiger partial charge in [-0.05, 0) is 30.7 Å². The Morgan fingerprint density at radius 2 is 2.11 bits per heavy atom. The molecule has 2 aliphatic rings. The lowest BCUT2D eigenvalue weighted by molar-refractivity contribution is 0.0447. The van der Waals surface area contributed by atoms with Crippen LogP contribution in [0.1, 0.15) is 30.2 Å². The van der Waals surface area contributed by atoms with Crippen LogP contribution in [-0.2, 0) is 22.4 Å². The Morgan fingerprint density at radius 1 is 1.32 bits per heavy atom. The first-order valence-corrected chi connectivity index (χ1v) is 6.82. The normalized spacial score (nSPS) is 23.7. The quantitative estimate of drug-likeness (QED) is 0.910. The van der Waals surface area contributed by atoms with Gasteiger partial charge in [-0.25, -0.2) is 0 Å². The molecule has 6 heteroatoms. The number of hydrogen-bond acceptors (Lipinski definition) is 4. The van der Waals surface area contributed by atoms with Gasteiger partial charge in [-0.3, -0.25) is 4.68 Å². The summed E-state index contributed by atoms with van der Waals surface area (Å²) in [4.78, 5) is 0. The van der Waals surface area contributed by atoms with E-state index >= 15 is 0 Å². The zero-order chi connectivity index (χ0) is 12.4. The maximum atomic E-state index is 5.72. The Morgan fingerprint density at radius 3 is 2.84 bits per heavy atom. The molecule has 2 aliphatic heterocycles. The summed E-state index contributed by atoms with van der Waals surface area (Å²) in [7, 11) is 0.